The Kier molecular flexibility index (Phi) is 6.88. The van der Waals surface area contributed by atoms with Gasteiger partial charge in [-0.2, -0.15) is 0 Å². The molecule has 0 unspecified atom stereocenters. The van der Waals surface area contributed by atoms with Crippen LogP contribution in [-0.2, 0) is 13.1 Å². The fraction of sp³-hybridized carbons (Fsp3) is 0.217. The Morgan fingerprint density at radius 2 is 1.72 bits per heavy atom. The van der Waals surface area contributed by atoms with E-state index in [2.05, 4.69) is 20.9 Å². The van der Waals surface area contributed by atoms with Gasteiger partial charge in [-0.3, -0.25) is 9.78 Å². The van der Waals surface area contributed by atoms with E-state index >= 15 is 0 Å². The van der Waals surface area contributed by atoms with Gasteiger partial charge in [-0.15, -0.1) is 0 Å². The third-order valence-corrected chi connectivity index (χ3v) is 5.48. The monoisotopic (exact) mass is 454 g/mol. The second-order valence-corrected chi connectivity index (χ2v) is 7.44. The quantitative estimate of drug-likeness (QED) is 0.503. The first kappa shape index (κ1) is 20.9. The molecule has 29 heavy (non-hydrogen) atoms. The zero-order valence-electron chi connectivity index (χ0n) is 16.7. The van der Waals surface area contributed by atoms with Crippen LogP contribution < -0.4 is 9.47 Å². The number of aryl methyl sites for hydroxylation is 1. The highest BCUT2D eigenvalue weighted by Crippen LogP contribution is 2.36. The van der Waals surface area contributed by atoms with Gasteiger partial charge in [-0.1, -0.05) is 30.3 Å². The first-order chi connectivity index (χ1) is 14.0. The number of pyridine rings is 1. The number of rotatable bonds is 7. The molecule has 150 valence electrons. The molecule has 6 heteroatoms. The minimum atomic E-state index is -0.110. The summed E-state index contributed by atoms with van der Waals surface area (Å²) < 4.78 is 11.5. The van der Waals surface area contributed by atoms with Crippen molar-refractivity contribution in [2.45, 2.75) is 20.0 Å². The van der Waals surface area contributed by atoms with Crippen molar-refractivity contribution in [3.63, 3.8) is 0 Å². The lowest BCUT2D eigenvalue weighted by Gasteiger charge is -2.24. The summed E-state index contributed by atoms with van der Waals surface area (Å²) in [6.45, 7) is 2.98. The van der Waals surface area contributed by atoms with Gasteiger partial charge < -0.3 is 14.4 Å². The molecule has 0 aliphatic rings. The van der Waals surface area contributed by atoms with Gasteiger partial charge in [-0.05, 0) is 57.7 Å². The summed E-state index contributed by atoms with van der Waals surface area (Å²) in [5.74, 6) is 0.982. The number of carbonyl (C=O) groups is 1. The maximum absolute atomic E-state index is 13.5. The van der Waals surface area contributed by atoms with Crippen LogP contribution in [0, 0.1) is 6.92 Å². The molecule has 1 amide bonds. The first-order valence-electron chi connectivity index (χ1n) is 9.17. The molecule has 2 aromatic carbocycles. The molecule has 0 N–H and O–H groups in total. The lowest BCUT2D eigenvalue weighted by atomic mass is 10.1. The standard InChI is InChI=1S/C23H23BrN2O3/c1-16-7-4-5-9-18(16)15-26(14-17-8-6-10-25-13-17)23(27)19-11-20(28-2)22(24)21(12-19)29-3/h4-13H,14-15H2,1-3H3. The number of hydrogen-bond donors (Lipinski definition) is 0. The number of methoxy groups -OCH3 is 2. The second kappa shape index (κ2) is 9.56. The summed E-state index contributed by atoms with van der Waals surface area (Å²) in [5, 5.41) is 0. The summed E-state index contributed by atoms with van der Waals surface area (Å²) in [7, 11) is 3.13. The average molecular weight is 455 g/mol. The van der Waals surface area contributed by atoms with Crippen LogP contribution in [0.3, 0.4) is 0 Å². The number of nitrogens with zero attached hydrogens (tertiary/aromatic N) is 2. The van der Waals surface area contributed by atoms with Gasteiger partial charge in [0.2, 0.25) is 0 Å². The Balaban J connectivity index is 1.98. The maximum atomic E-state index is 13.5. The van der Waals surface area contributed by atoms with E-state index in [1.807, 2.05) is 48.2 Å². The number of amides is 1. The predicted octanol–water partition coefficient (Wildman–Crippen LogP) is 5.01. The number of halogens is 1. The summed E-state index contributed by atoms with van der Waals surface area (Å²) in [5.41, 5.74) is 3.70. The minimum absolute atomic E-state index is 0.110. The van der Waals surface area contributed by atoms with E-state index in [9.17, 15) is 4.79 Å². The first-order valence-corrected chi connectivity index (χ1v) is 9.97. The zero-order valence-corrected chi connectivity index (χ0v) is 18.3. The molecule has 3 aromatic rings. The molecule has 0 saturated carbocycles. The minimum Gasteiger partial charge on any atom is -0.495 e. The molecular formula is C23H23BrN2O3. The van der Waals surface area contributed by atoms with E-state index in [0.29, 0.717) is 34.6 Å². The fourth-order valence-corrected chi connectivity index (χ4v) is 3.63. The molecule has 0 fully saturated rings. The predicted molar refractivity (Wildman–Crippen MR) is 116 cm³/mol. The van der Waals surface area contributed by atoms with Gasteiger partial charge in [0.25, 0.3) is 5.91 Å². The van der Waals surface area contributed by atoms with Gasteiger partial charge in [0.05, 0.1) is 14.2 Å². The van der Waals surface area contributed by atoms with Crippen LogP contribution in [0.4, 0.5) is 0 Å². The molecule has 0 saturated heterocycles. The van der Waals surface area contributed by atoms with E-state index in [4.69, 9.17) is 9.47 Å². The highest BCUT2D eigenvalue weighted by molar-refractivity contribution is 9.10. The van der Waals surface area contributed by atoms with Crippen LogP contribution in [0.25, 0.3) is 0 Å². The summed E-state index contributed by atoms with van der Waals surface area (Å²) in [6, 6.07) is 15.4. The van der Waals surface area contributed by atoms with Gasteiger partial charge in [0.15, 0.2) is 0 Å². The summed E-state index contributed by atoms with van der Waals surface area (Å²) in [4.78, 5) is 19.5. The molecule has 0 spiro atoms. The van der Waals surface area contributed by atoms with Crippen LogP contribution >= 0.6 is 15.9 Å². The molecule has 0 bridgehead atoms. The van der Waals surface area contributed by atoms with Crippen LogP contribution in [0.2, 0.25) is 0 Å². The van der Waals surface area contributed by atoms with Crippen LogP contribution in [0.5, 0.6) is 11.5 Å². The number of carbonyl (C=O) groups excluding carboxylic acids is 1. The summed E-state index contributed by atoms with van der Waals surface area (Å²) >= 11 is 3.46. The SMILES string of the molecule is COc1cc(C(=O)N(Cc2cccnc2)Cc2ccccc2C)cc(OC)c1Br. The topological polar surface area (TPSA) is 51.7 Å². The molecule has 3 rings (SSSR count). The number of benzene rings is 2. The van der Waals surface area contributed by atoms with Crippen molar-refractivity contribution in [1.82, 2.24) is 9.88 Å². The van der Waals surface area contributed by atoms with Crippen molar-refractivity contribution < 1.29 is 14.3 Å². The molecule has 0 radical (unpaired) electrons. The van der Waals surface area contributed by atoms with Gasteiger partial charge >= 0.3 is 0 Å². The third kappa shape index (κ3) is 4.95. The molecular weight excluding hydrogens is 432 g/mol. The van der Waals surface area contributed by atoms with Gasteiger partial charge in [0, 0.05) is 31.0 Å². The Hall–Kier alpha value is -2.86. The molecule has 0 aliphatic carbocycles. The van der Waals surface area contributed by atoms with Crippen LogP contribution in [0.1, 0.15) is 27.0 Å². The van der Waals surface area contributed by atoms with E-state index in [0.717, 1.165) is 16.7 Å². The molecule has 0 atom stereocenters. The molecule has 1 heterocycles. The molecule has 1 aromatic heterocycles. The molecule has 0 aliphatic heterocycles. The largest absolute Gasteiger partial charge is 0.495 e. The maximum Gasteiger partial charge on any atom is 0.254 e. The Morgan fingerprint density at radius 1 is 1.03 bits per heavy atom. The van der Waals surface area contributed by atoms with Crippen molar-refractivity contribution in [3.05, 3.63) is 87.7 Å². The third-order valence-electron chi connectivity index (χ3n) is 4.70. The highest BCUT2D eigenvalue weighted by atomic mass is 79.9. The van der Waals surface area contributed by atoms with Crippen molar-refractivity contribution in [2.24, 2.45) is 0 Å². The smallest absolute Gasteiger partial charge is 0.254 e. The fourth-order valence-electron chi connectivity index (χ4n) is 3.08. The van der Waals surface area contributed by atoms with E-state index in [-0.39, 0.29) is 5.91 Å². The lowest BCUT2D eigenvalue weighted by Crippen LogP contribution is -2.30. The van der Waals surface area contributed by atoms with Crippen LogP contribution in [0.15, 0.2) is 65.4 Å². The van der Waals surface area contributed by atoms with E-state index in [1.165, 1.54) is 0 Å². The van der Waals surface area contributed by atoms with Crippen molar-refractivity contribution >= 4 is 21.8 Å². The Morgan fingerprint density at radius 3 is 2.31 bits per heavy atom. The van der Waals surface area contributed by atoms with Gasteiger partial charge in [-0.25, -0.2) is 0 Å². The Bertz CT molecular complexity index is 967. The number of ether oxygens (including phenoxy) is 2. The lowest BCUT2D eigenvalue weighted by molar-refractivity contribution is 0.0729. The van der Waals surface area contributed by atoms with E-state index in [1.54, 1.807) is 38.7 Å². The van der Waals surface area contributed by atoms with Crippen LogP contribution in [-0.4, -0.2) is 30.0 Å². The molecule has 5 nitrogen and oxygen atoms in total. The van der Waals surface area contributed by atoms with E-state index < -0.39 is 0 Å². The average Bonchev–Trinajstić information content (AvgIpc) is 2.75. The Labute approximate surface area is 179 Å². The van der Waals surface area contributed by atoms with Crippen molar-refractivity contribution in [1.29, 1.82) is 0 Å². The number of hydrogen-bond acceptors (Lipinski definition) is 4. The summed E-state index contributed by atoms with van der Waals surface area (Å²) in [6.07, 6.45) is 3.50. The highest BCUT2D eigenvalue weighted by Gasteiger charge is 2.21. The zero-order chi connectivity index (χ0) is 20.8. The normalized spacial score (nSPS) is 10.5. The van der Waals surface area contributed by atoms with Crippen molar-refractivity contribution in [3.8, 4) is 11.5 Å². The second-order valence-electron chi connectivity index (χ2n) is 6.64. The van der Waals surface area contributed by atoms with Crippen molar-refractivity contribution in [2.75, 3.05) is 14.2 Å². The van der Waals surface area contributed by atoms with Gasteiger partial charge in [0.1, 0.15) is 16.0 Å². The number of aromatic nitrogens is 1.